The number of nitriles is 1. The number of nitrogens with zero attached hydrogens (tertiary/aromatic N) is 3. The minimum atomic E-state index is -0.784. The Hall–Kier alpha value is -4.76. The SMILES string of the molecule is COc1ccc(NC(=O)/C(C#N)=C/c2ccc(Oc3ccc([N+](=O)[O-])cc3[N+](=O)[O-])c(Br)c2)cc1. The largest absolute Gasteiger partial charge is 0.497 e. The molecule has 11 nitrogen and oxygen atoms in total. The number of amides is 1. The maximum atomic E-state index is 12.5. The number of methoxy groups -OCH3 is 1. The third-order valence-corrected chi connectivity index (χ3v) is 5.17. The predicted octanol–water partition coefficient (Wildman–Crippen LogP) is 5.61. The Labute approximate surface area is 206 Å². The van der Waals surface area contributed by atoms with Gasteiger partial charge in [-0.3, -0.25) is 25.0 Å². The second-order valence-corrected chi connectivity index (χ2v) is 7.66. The average molecular weight is 539 g/mol. The minimum Gasteiger partial charge on any atom is -0.497 e. The molecule has 0 bridgehead atoms. The molecule has 0 heterocycles. The van der Waals surface area contributed by atoms with Gasteiger partial charge in [0.2, 0.25) is 5.75 Å². The number of nitro benzene ring substituents is 2. The van der Waals surface area contributed by atoms with Gasteiger partial charge in [-0.1, -0.05) is 6.07 Å². The van der Waals surface area contributed by atoms with Crippen LogP contribution in [0, 0.1) is 31.6 Å². The number of anilines is 1. The molecule has 0 radical (unpaired) electrons. The fourth-order valence-electron chi connectivity index (χ4n) is 2.84. The molecule has 3 aromatic rings. The van der Waals surface area contributed by atoms with Crippen LogP contribution in [0.4, 0.5) is 17.1 Å². The van der Waals surface area contributed by atoms with Crippen molar-refractivity contribution in [3.8, 4) is 23.3 Å². The summed E-state index contributed by atoms with van der Waals surface area (Å²) in [6, 6.07) is 16.0. The molecule has 0 aliphatic heterocycles. The standard InChI is InChI=1S/C23H15BrN4O7/c1-34-18-6-3-16(4-7-18)26-23(29)15(13-25)10-14-2-8-21(19(24)11-14)35-22-9-5-17(27(30)31)12-20(22)28(32)33/h2-12H,1H3,(H,26,29)/b15-10+. The summed E-state index contributed by atoms with van der Waals surface area (Å²) in [6.45, 7) is 0. The van der Waals surface area contributed by atoms with Crippen molar-refractivity contribution >= 4 is 45.0 Å². The van der Waals surface area contributed by atoms with Gasteiger partial charge < -0.3 is 14.8 Å². The first-order valence-corrected chi connectivity index (χ1v) is 10.5. The van der Waals surface area contributed by atoms with Gasteiger partial charge in [-0.2, -0.15) is 5.26 Å². The number of carbonyl (C=O) groups is 1. The van der Waals surface area contributed by atoms with E-state index < -0.39 is 27.1 Å². The summed E-state index contributed by atoms with van der Waals surface area (Å²) < 4.78 is 11.0. The number of nitro groups is 2. The molecule has 0 spiro atoms. The monoisotopic (exact) mass is 538 g/mol. The molecule has 0 saturated heterocycles. The van der Waals surface area contributed by atoms with Crippen LogP contribution in [0.3, 0.4) is 0 Å². The highest BCUT2D eigenvalue weighted by atomic mass is 79.9. The maximum absolute atomic E-state index is 12.5. The highest BCUT2D eigenvalue weighted by molar-refractivity contribution is 9.10. The van der Waals surface area contributed by atoms with E-state index >= 15 is 0 Å². The summed E-state index contributed by atoms with van der Waals surface area (Å²) in [5.41, 5.74) is -0.222. The number of carbonyl (C=O) groups excluding carboxylic acids is 1. The van der Waals surface area contributed by atoms with Gasteiger partial charge in [-0.25, -0.2) is 0 Å². The molecule has 35 heavy (non-hydrogen) atoms. The Balaban J connectivity index is 1.81. The molecule has 176 valence electrons. The normalized spacial score (nSPS) is 10.7. The van der Waals surface area contributed by atoms with Crippen LogP contribution in [0.15, 0.2) is 70.7 Å². The van der Waals surface area contributed by atoms with Gasteiger partial charge in [-0.15, -0.1) is 0 Å². The number of benzene rings is 3. The molecule has 0 unspecified atom stereocenters. The van der Waals surface area contributed by atoms with Gasteiger partial charge in [0.1, 0.15) is 23.1 Å². The Morgan fingerprint density at radius 1 is 1.03 bits per heavy atom. The van der Waals surface area contributed by atoms with Gasteiger partial charge >= 0.3 is 5.69 Å². The van der Waals surface area contributed by atoms with E-state index in [1.165, 1.54) is 25.3 Å². The fourth-order valence-corrected chi connectivity index (χ4v) is 3.32. The summed E-state index contributed by atoms with van der Waals surface area (Å²) in [5.74, 6) is -0.0117. The molecule has 1 N–H and O–H groups in total. The number of ether oxygens (including phenoxy) is 2. The molecule has 0 saturated carbocycles. The van der Waals surface area contributed by atoms with Crippen molar-refractivity contribution in [2.75, 3.05) is 12.4 Å². The van der Waals surface area contributed by atoms with Gasteiger partial charge in [0.25, 0.3) is 11.6 Å². The number of hydrogen-bond acceptors (Lipinski definition) is 8. The molecule has 0 fully saturated rings. The number of halogens is 1. The molecule has 12 heteroatoms. The lowest BCUT2D eigenvalue weighted by Crippen LogP contribution is -2.13. The van der Waals surface area contributed by atoms with Crippen LogP contribution in [0.5, 0.6) is 17.2 Å². The number of rotatable bonds is 8. The quantitative estimate of drug-likeness (QED) is 0.167. The zero-order valence-electron chi connectivity index (χ0n) is 17.9. The lowest BCUT2D eigenvalue weighted by Gasteiger charge is -2.09. The van der Waals surface area contributed by atoms with Crippen LogP contribution in [0.25, 0.3) is 6.08 Å². The van der Waals surface area contributed by atoms with Crippen LogP contribution >= 0.6 is 15.9 Å². The predicted molar refractivity (Wildman–Crippen MR) is 129 cm³/mol. The van der Waals surface area contributed by atoms with Crippen molar-refractivity contribution < 1.29 is 24.1 Å². The maximum Gasteiger partial charge on any atom is 0.318 e. The van der Waals surface area contributed by atoms with Crippen LogP contribution < -0.4 is 14.8 Å². The molecular weight excluding hydrogens is 524 g/mol. The molecule has 3 rings (SSSR count). The van der Waals surface area contributed by atoms with Gasteiger partial charge in [0, 0.05) is 11.8 Å². The second kappa shape index (κ2) is 10.9. The molecule has 0 aliphatic rings. The van der Waals surface area contributed by atoms with Crippen molar-refractivity contribution in [1.29, 1.82) is 5.26 Å². The van der Waals surface area contributed by atoms with E-state index in [1.54, 1.807) is 30.3 Å². The Kier molecular flexibility index (Phi) is 7.75. The Bertz CT molecular complexity index is 1380. The van der Waals surface area contributed by atoms with E-state index in [4.69, 9.17) is 9.47 Å². The van der Waals surface area contributed by atoms with E-state index in [0.29, 0.717) is 21.5 Å². The van der Waals surface area contributed by atoms with Gasteiger partial charge in [-0.05, 0) is 70.0 Å². The van der Waals surface area contributed by atoms with Gasteiger partial charge in [0.15, 0.2) is 0 Å². The molecule has 0 aromatic heterocycles. The fraction of sp³-hybridized carbons (Fsp3) is 0.0435. The van der Waals surface area contributed by atoms with Crippen LogP contribution in [0.1, 0.15) is 5.56 Å². The Morgan fingerprint density at radius 3 is 2.29 bits per heavy atom. The van der Waals surface area contributed by atoms with Crippen LogP contribution in [-0.4, -0.2) is 22.9 Å². The number of nitrogens with one attached hydrogen (secondary N) is 1. The Morgan fingerprint density at radius 2 is 1.71 bits per heavy atom. The first kappa shape index (κ1) is 24.9. The molecular formula is C23H15BrN4O7. The highest BCUT2D eigenvalue weighted by Gasteiger charge is 2.22. The summed E-state index contributed by atoms with van der Waals surface area (Å²) in [4.78, 5) is 33.2. The summed E-state index contributed by atoms with van der Waals surface area (Å²) in [5, 5.41) is 34.3. The van der Waals surface area contributed by atoms with E-state index in [9.17, 15) is 30.3 Å². The van der Waals surface area contributed by atoms with Crippen molar-refractivity contribution in [2.45, 2.75) is 0 Å². The van der Waals surface area contributed by atoms with Crippen LogP contribution in [-0.2, 0) is 4.79 Å². The van der Waals surface area contributed by atoms with Crippen molar-refractivity contribution in [3.05, 3.63) is 96.5 Å². The third kappa shape index (κ3) is 6.18. The van der Waals surface area contributed by atoms with E-state index in [-0.39, 0.29) is 17.1 Å². The highest BCUT2D eigenvalue weighted by Crippen LogP contribution is 2.37. The van der Waals surface area contributed by atoms with Crippen molar-refractivity contribution in [2.24, 2.45) is 0 Å². The number of hydrogen-bond donors (Lipinski definition) is 1. The van der Waals surface area contributed by atoms with E-state index in [2.05, 4.69) is 21.2 Å². The summed E-state index contributed by atoms with van der Waals surface area (Å²) in [7, 11) is 1.52. The van der Waals surface area contributed by atoms with Gasteiger partial charge in [0.05, 0.1) is 27.5 Å². The first-order chi connectivity index (χ1) is 16.7. The molecule has 3 aromatic carbocycles. The van der Waals surface area contributed by atoms with Crippen molar-refractivity contribution in [1.82, 2.24) is 0 Å². The smallest absolute Gasteiger partial charge is 0.318 e. The molecule has 0 aliphatic carbocycles. The van der Waals surface area contributed by atoms with Crippen molar-refractivity contribution in [3.63, 3.8) is 0 Å². The lowest BCUT2D eigenvalue weighted by atomic mass is 10.1. The van der Waals surface area contributed by atoms with Crippen LogP contribution in [0.2, 0.25) is 0 Å². The lowest BCUT2D eigenvalue weighted by molar-refractivity contribution is -0.394. The first-order valence-electron chi connectivity index (χ1n) is 9.69. The zero-order valence-corrected chi connectivity index (χ0v) is 19.5. The second-order valence-electron chi connectivity index (χ2n) is 6.81. The van der Waals surface area contributed by atoms with E-state index in [0.717, 1.165) is 18.2 Å². The summed E-state index contributed by atoms with van der Waals surface area (Å²) >= 11 is 3.29. The average Bonchev–Trinajstić information content (AvgIpc) is 2.84. The minimum absolute atomic E-state index is 0.160. The molecule has 0 atom stereocenters. The topological polar surface area (TPSA) is 158 Å². The number of non-ortho nitro benzene ring substituents is 1. The zero-order chi connectivity index (χ0) is 25.5. The molecule has 1 amide bonds. The third-order valence-electron chi connectivity index (χ3n) is 4.55. The van der Waals surface area contributed by atoms with E-state index in [1.807, 2.05) is 6.07 Å². The summed E-state index contributed by atoms with van der Waals surface area (Å²) in [6.07, 6.45) is 1.36.